The molecule has 17 heavy (non-hydrogen) atoms. The summed E-state index contributed by atoms with van der Waals surface area (Å²) < 4.78 is 27.5. The summed E-state index contributed by atoms with van der Waals surface area (Å²) in [5.41, 5.74) is -0.172. The second-order valence-corrected chi connectivity index (χ2v) is 8.61. The van der Waals surface area contributed by atoms with E-state index in [0.717, 1.165) is 0 Å². The molecule has 1 aromatic rings. The summed E-state index contributed by atoms with van der Waals surface area (Å²) in [4.78, 5) is 0. The first-order chi connectivity index (χ1) is 7.83. The highest BCUT2D eigenvalue weighted by Crippen LogP contribution is 2.31. The van der Waals surface area contributed by atoms with Crippen LogP contribution in [0.2, 0.25) is 0 Å². The third-order valence-electron chi connectivity index (χ3n) is 2.70. The van der Waals surface area contributed by atoms with Gasteiger partial charge in [0.1, 0.15) is 4.21 Å². The van der Waals surface area contributed by atoms with Crippen LogP contribution in [0, 0.1) is 0 Å². The summed E-state index contributed by atoms with van der Waals surface area (Å²) in [6.07, 6.45) is 0. The molecule has 1 N–H and O–H groups in total. The summed E-state index contributed by atoms with van der Waals surface area (Å²) in [5, 5.41) is 5.09. The molecule has 0 aliphatic carbocycles. The first-order valence-electron chi connectivity index (χ1n) is 5.31. The largest absolute Gasteiger partial charge is 0.309 e. The first-order valence-corrected chi connectivity index (χ1v) is 8.42. The maximum absolute atomic E-state index is 12.4. The average Bonchev–Trinajstić information content (AvgIpc) is 2.63. The molecule has 0 unspecified atom stereocenters. The monoisotopic (exact) mass is 338 g/mol. The molecule has 0 saturated carbocycles. The molecule has 0 amide bonds. The van der Waals surface area contributed by atoms with Crippen molar-refractivity contribution in [3.8, 4) is 0 Å². The van der Waals surface area contributed by atoms with Crippen molar-refractivity contribution < 1.29 is 8.42 Å². The van der Waals surface area contributed by atoms with Crippen molar-refractivity contribution in [2.24, 2.45) is 0 Å². The van der Waals surface area contributed by atoms with Gasteiger partial charge in [-0.3, -0.25) is 0 Å². The molecule has 0 bridgehead atoms. The predicted octanol–water partition coefficient (Wildman–Crippen LogP) is 1.88. The minimum atomic E-state index is -3.36. The summed E-state index contributed by atoms with van der Waals surface area (Å²) in [5.74, 6) is 0. The molecule has 0 aromatic carbocycles. The lowest BCUT2D eigenvalue weighted by Crippen LogP contribution is -2.58. The van der Waals surface area contributed by atoms with E-state index in [-0.39, 0.29) is 5.54 Å². The van der Waals surface area contributed by atoms with Crippen molar-refractivity contribution in [3.63, 3.8) is 0 Å². The van der Waals surface area contributed by atoms with E-state index in [1.165, 1.54) is 11.3 Å². The number of hydrogen-bond donors (Lipinski definition) is 1. The van der Waals surface area contributed by atoms with Gasteiger partial charge >= 0.3 is 0 Å². The minimum absolute atomic E-state index is 0.172. The fraction of sp³-hybridized carbons (Fsp3) is 0.600. The summed E-state index contributed by atoms with van der Waals surface area (Å²) in [6, 6.07) is 1.77. The highest BCUT2D eigenvalue weighted by Gasteiger charge is 2.35. The number of thiophene rings is 1. The zero-order valence-electron chi connectivity index (χ0n) is 9.73. The lowest BCUT2D eigenvalue weighted by molar-refractivity contribution is 0.234. The Balaban J connectivity index is 2.31. The average molecular weight is 339 g/mol. The van der Waals surface area contributed by atoms with E-state index < -0.39 is 10.0 Å². The number of nitrogens with one attached hydrogen (secondary N) is 1. The van der Waals surface area contributed by atoms with Gasteiger partial charge in [-0.2, -0.15) is 4.31 Å². The molecule has 2 heterocycles. The van der Waals surface area contributed by atoms with Crippen LogP contribution in [0.5, 0.6) is 0 Å². The number of hydrogen-bond acceptors (Lipinski definition) is 4. The fourth-order valence-electron chi connectivity index (χ4n) is 1.88. The summed E-state index contributed by atoms with van der Waals surface area (Å²) in [6.45, 7) is 5.74. The van der Waals surface area contributed by atoms with Crippen LogP contribution in [0.3, 0.4) is 0 Å². The van der Waals surface area contributed by atoms with Crippen molar-refractivity contribution in [2.75, 3.05) is 19.6 Å². The molecule has 1 fully saturated rings. The molecule has 1 aliphatic heterocycles. The van der Waals surface area contributed by atoms with Crippen LogP contribution in [-0.2, 0) is 10.0 Å². The lowest BCUT2D eigenvalue weighted by Gasteiger charge is -2.38. The van der Waals surface area contributed by atoms with Gasteiger partial charge in [-0.05, 0) is 41.2 Å². The minimum Gasteiger partial charge on any atom is -0.309 e. The molecular formula is C10H15BrN2O2S2. The van der Waals surface area contributed by atoms with Gasteiger partial charge in [0.2, 0.25) is 0 Å². The van der Waals surface area contributed by atoms with Gasteiger partial charge in [0.15, 0.2) is 0 Å². The van der Waals surface area contributed by atoms with Gasteiger partial charge in [-0.1, -0.05) is 0 Å². The van der Waals surface area contributed by atoms with Crippen molar-refractivity contribution in [2.45, 2.75) is 23.6 Å². The molecule has 0 atom stereocenters. The third kappa shape index (κ3) is 2.73. The Morgan fingerprint density at radius 2 is 2.24 bits per heavy atom. The topological polar surface area (TPSA) is 49.4 Å². The van der Waals surface area contributed by atoms with Crippen LogP contribution < -0.4 is 5.32 Å². The van der Waals surface area contributed by atoms with Crippen molar-refractivity contribution in [3.05, 3.63) is 15.9 Å². The Labute approximate surface area is 114 Å². The van der Waals surface area contributed by atoms with Crippen molar-refractivity contribution >= 4 is 37.3 Å². The van der Waals surface area contributed by atoms with Crippen molar-refractivity contribution in [1.29, 1.82) is 0 Å². The molecular weight excluding hydrogens is 324 g/mol. The Kier molecular flexibility index (Phi) is 3.66. The Bertz CT molecular complexity index is 510. The van der Waals surface area contributed by atoms with Gasteiger partial charge in [0, 0.05) is 29.6 Å². The third-order valence-corrected chi connectivity index (χ3v) is 7.19. The quantitative estimate of drug-likeness (QED) is 0.895. The van der Waals surface area contributed by atoms with Crippen molar-refractivity contribution in [1.82, 2.24) is 9.62 Å². The smallest absolute Gasteiger partial charge is 0.253 e. The zero-order chi connectivity index (χ0) is 12.7. The maximum Gasteiger partial charge on any atom is 0.253 e. The van der Waals surface area contributed by atoms with E-state index in [1.807, 2.05) is 13.8 Å². The fourth-order valence-corrected chi connectivity index (χ4v) is 5.93. The van der Waals surface area contributed by atoms with E-state index in [1.54, 1.807) is 15.8 Å². The van der Waals surface area contributed by atoms with E-state index in [0.29, 0.717) is 28.3 Å². The van der Waals surface area contributed by atoms with Gasteiger partial charge in [-0.15, -0.1) is 11.3 Å². The Hall–Kier alpha value is 0.0500. The van der Waals surface area contributed by atoms with E-state index in [2.05, 4.69) is 21.2 Å². The maximum atomic E-state index is 12.4. The molecule has 96 valence electrons. The number of halogens is 1. The van der Waals surface area contributed by atoms with E-state index in [4.69, 9.17) is 0 Å². The lowest BCUT2D eigenvalue weighted by atomic mass is 10.0. The van der Waals surface area contributed by atoms with Crippen LogP contribution in [0.4, 0.5) is 0 Å². The zero-order valence-corrected chi connectivity index (χ0v) is 13.0. The highest BCUT2D eigenvalue weighted by atomic mass is 79.9. The molecule has 1 aliphatic rings. The molecule has 2 rings (SSSR count). The van der Waals surface area contributed by atoms with Crippen LogP contribution in [-0.4, -0.2) is 37.9 Å². The van der Waals surface area contributed by atoms with Gasteiger partial charge < -0.3 is 5.32 Å². The predicted molar refractivity (Wildman–Crippen MR) is 72.9 cm³/mol. The summed E-state index contributed by atoms with van der Waals surface area (Å²) >= 11 is 4.54. The summed E-state index contributed by atoms with van der Waals surface area (Å²) in [7, 11) is -3.36. The highest BCUT2D eigenvalue weighted by molar-refractivity contribution is 9.10. The number of piperazine rings is 1. The number of rotatable bonds is 2. The van der Waals surface area contributed by atoms with Crippen LogP contribution in [0.15, 0.2) is 20.1 Å². The number of sulfonamides is 1. The Morgan fingerprint density at radius 1 is 1.53 bits per heavy atom. The van der Waals surface area contributed by atoms with Gasteiger partial charge in [0.25, 0.3) is 10.0 Å². The Morgan fingerprint density at radius 3 is 2.76 bits per heavy atom. The van der Waals surface area contributed by atoms with E-state index in [9.17, 15) is 8.42 Å². The van der Waals surface area contributed by atoms with Gasteiger partial charge in [-0.25, -0.2) is 8.42 Å². The van der Waals surface area contributed by atoms with Crippen LogP contribution in [0.25, 0.3) is 0 Å². The second kappa shape index (κ2) is 4.62. The van der Waals surface area contributed by atoms with Gasteiger partial charge in [0.05, 0.1) is 0 Å². The number of nitrogens with zero attached hydrogens (tertiary/aromatic N) is 1. The first kappa shape index (κ1) is 13.5. The SMILES string of the molecule is CC1(C)CN(S(=O)(=O)c2sccc2Br)CCN1. The molecule has 7 heteroatoms. The van der Waals surface area contributed by atoms with Crippen LogP contribution >= 0.6 is 27.3 Å². The molecule has 0 spiro atoms. The molecule has 4 nitrogen and oxygen atoms in total. The normalized spacial score (nSPS) is 21.6. The van der Waals surface area contributed by atoms with E-state index >= 15 is 0 Å². The molecule has 1 aromatic heterocycles. The second-order valence-electron chi connectivity index (χ2n) is 4.71. The van der Waals surface area contributed by atoms with Crippen LogP contribution in [0.1, 0.15) is 13.8 Å². The standard InChI is InChI=1S/C10H15BrN2O2S2/c1-10(2)7-13(5-4-12-10)17(14,15)9-8(11)3-6-16-9/h3,6,12H,4-5,7H2,1-2H3. The molecule has 0 radical (unpaired) electrons. The molecule has 1 saturated heterocycles.